The number of aryl methyl sites for hydroxylation is 1. The van der Waals surface area contributed by atoms with E-state index < -0.39 is 0 Å². The molecule has 0 aliphatic rings. The van der Waals surface area contributed by atoms with Gasteiger partial charge in [-0.05, 0) is 30.2 Å². The van der Waals surface area contributed by atoms with Crippen molar-refractivity contribution in [1.29, 1.82) is 0 Å². The normalized spacial score (nSPS) is 12.2. The van der Waals surface area contributed by atoms with Crippen molar-refractivity contribution in [1.82, 2.24) is 0 Å². The fraction of sp³-hybridized carbons (Fsp3) is 0.167. The Balaban J connectivity index is 2.14. The van der Waals surface area contributed by atoms with E-state index in [0.717, 1.165) is 27.7 Å². The number of furan rings is 1. The van der Waals surface area contributed by atoms with Crippen molar-refractivity contribution >= 4 is 17.4 Å². The van der Waals surface area contributed by atoms with E-state index in [4.69, 9.17) is 9.15 Å². The smallest absolute Gasteiger partial charge is 0.293 e. The van der Waals surface area contributed by atoms with Crippen molar-refractivity contribution in [3.05, 3.63) is 65.4 Å². The predicted molar refractivity (Wildman–Crippen MR) is 82.9 cm³/mol. The van der Waals surface area contributed by atoms with Crippen LogP contribution in [0.4, 0.5) is 0 Å². The fourth-order valence-electron chi connectivity index (χ4n) is 2.77. The third kappa shape index (κ3) is 2.55. The summed E-state index contributed by atoms with van der Waals surface area (Å²) in [6.07, 6.45) is 1.67. The SMILES string of the molecule is Cc1cc(O)cc2c(C(COC=O)c3ccccc3)coc12. The zero-order valence-electron chi connectivity index (χ0n) is 12.2. The van der Waals surface area contributed by atoms with E-state index in [1.807, 2.05) is 37.3 Å². The molecule has 2 aromatic carbocycles. The summed E-state index contributed by atoms with van der Waals surface area (Å²) >= 11 is 0. The average molecular weight is 296 g/mol. The van der Waals surface area contributed by atoms with Crippen LogP contribution < -0.4 is 0 Å². The molecule has 0 aliphatic carbocycles. The van der Waals surface area contributed by atoms with Crippen molar-refractivity contribution in [2.75, 3.05) is 6.61 Å². The third-order valence-electron chi connectivity index (χ3n) is 3.78. The number of hydrogen-bond acceptors (Lipinski definition) is 4. The number of hydrogen-bond donors (Lipinski definition) is 1. The summed E-state index contributed by atoms with van der Waals surface area (Å²) in [5.41, 5.74) is 3.51. The van der Waals surface area contributed by atoms with E-state index in [-0.39, 0.29) is 18.3 Å². The minimum atomic E-state index is -0.145. The van der Waals surface area contributed by atoms with Gasteiger partial charge in [0.15, 0.2) is 0 Å². The number of carbonyl (C=O) groups is 1. The molecule has 1 unspecified atom stereocenters. The van der Waals surface area contributed by atoms with Gasteiger partial charge in [-0.1, -0.05) is 30.3 Å². The molecule has 0 aliphatic heterocycles. The van der Waals surface area contributed by atoms with Gasteiger partial charge in [-0.2, -0.15) is 0 Å². The highest BCUT2D eigenvalue weighted by atomic mass is 16.5. The molecule has 1 heterocycles. The fourth-order valence-corrected chi connectivity index (χ4v) is 2.77. The van der Waals surface area contributed by atoms with Crippen LogP contribution >= 0.6 is 0 Å². The molecular formula is C18H16O4. The molecule has 0 amide bonds. The molecule has 3 aromatic rings. The number of aromatic hydroxyl groups is 1. The van der Waals surface area contributed by atoms with Gasteiger partial charge in [0.1, 0.15) is 17.9 Å². The van der Waals surface area contributed by atoms with Gasteiger partial charge in [-0.25, -0.2) is 0 Å². The number of rotatable bonds is 5. The summed E-state index contributed by atoms with van der Waals surface area (Å²) in [5, 5.41) is 10.7. The van der Waals surface area contributed by atoms with Crippen molar-refractivity contribution in [2.24, 2.45) is 0 Å². The molecule has 1 N–H and O–H groups in total. The van der Waals surface area contributed by atoms with Gasteiger partial charge in [0, 0.05) is 16.9 Å². The van der Waals surface area contributed by atoms with Crippen LogP contribution in [0.2, 0.25) is 0 Å². The summed E-state index contributed by atoms with van der Waals surface area (Å²) in [5.74, 6) is 0.0459. The molecule has 3 rings (SSSR count). The van der Waals surface area contributed by atoms with Gasteiger partial charge >= 0.3 is 0 Å². The number of benzene rings is 2. The summed E-state index contributed by atoms with van der Waals surface area (Å²) in [6, 6.07) is 13.1. The van der Waals surface area contributed by atoms with Gasteiger partial charge in [0.05, 0.1) is 6.26 Å². The molecule has 1 atom stereocenters. The molecule has 0 fully saturated rings. The lowest BCUT2D eigenvalue weighted by atomic mass is 9.91. The number of phenolic OH excluding ortho intramolecular Hbond substituents is 1. The molecule has 4 heteroatoms. The Kier molecular flexibility index (Phi) is 3.83. The highest BCUT2D eigenvalue weighted by Gasteiger charge is 2.21. The van der Waals surface area contributed by atoms with Crippen molar-refractivity contribution in [3.63, 3.8) is 0 Å². The number of fused-ring (bicyclic) bond motifs is 1. The zero-order valence-corrected chi connectivity index (χ0v) is 12.2. The molecule has 22 heavy (non-hydrogen) atoms. The molecular weight excluding hydrogens is 280 g/mol. The maximum atomic E-state index is 10.6. The first kappa shape index (κ1) is 14.2. The Labute approximate surface area is 127 Å². The second kappa shape index (κ2) is 5.93. The monoisotopic (exact) mass is 296 g/mol. The van der Waals surface area contributed by atoms with Gasteiger partial charge in [0.25, 0.3) is 6.47 Å². The van der Waals surface area contributed by atoms with Gasteiger partial charge < -0.3 is 14.3 Å². The first-order chi connectivity index (χ1) is 10.7. The average Bonchev–Trinajstić information content (AvgIpc) is 2.93. The Morgan fingerprint density at radius 1 is 1.27 bits per heavy atom. The minimum absolute atomic E-state index is 0.145. The van der Waals surface area contributed by atoms with Crippen molar-refractivity contribution in [3.8, 4) is 5.75 Å². The van der Waals surface area contributed by atoms with Crippen LogP contribution in [0.25, 0.3) is 11.0 Å². The van der Waals surface area contributed by atoms with Crippen LogP contribution in [-0.4, -0.2) is 18.2 Å². The van der Waals surface area contributed by atoms with Crippen LogP contribution in [0, 0.1) is 6.92 Å². The Bertz CT molecular complexity index is 789. The van der Waals surface area contributed by atoms with Crippen LogP contribution in [0.3, 0.4) is 0 Å². The first-order valence-electron chi connectivity index (χ1n) is 7.01. The quantitative estimate of drug-likeness (QED) is 0.728. The molecule has 0 saturated carbocycles. The van der Waals surface area contributed by atoms with E-state index in [0.29, 0.717) is 6.47 Å². The van der Waals surface area contributed by atoms with Crippen LogP contribution in [0.5, 0.6) is 5.75 Å². The van der Waals surface area contributed by atoms with E-state index in [1.54, 1.807) is 18.4 Å². The van der Waals surface area contributed by atoms with Crippen molar-refractivity contribution in [2.45, 2.75) is 12.8 Å². The largest absolute Gasteiger partial charge is 0.508 e. The Hall–Kier alpha value is -2.75. The Morgan fingerprint density at radius 3 is 2.77 bits per heavy atom. The molecule has 4 nitrogen and oxygen atoms in total. The van der Waals surface area contributed by atoms with Gasteiger partial charge in [-0.15, -0.1) is 0 Å². The van der Waals surface area contributed by atoms with E-state index >= 15 is 0 Å². The zero-order chi connectivity index (χ0) is 15.5. The van der Waals surface area contributed by atoms with E-state index in [1.165, 1.54) is 0 Å². The second-order valence-corrected chi connectivity index (χ2v) is 5.22. The maximum absolute atomic E-state index is 10.6. The Morgan fingerprint density at radius 2 is 2.05 bits per heavy atom. The van der Waals surface area contributed by atoms with E-state index in [9.17, 15) is 9.90 Å². The summed E-state index contributed by atoms with van der Waals surface area (Å²) < 4.78 is 10.7. The molecule has 0 saturated heterocycles. The highest BCUT2D eigenvalue weighted by molar-refractivity contribution is 5.86. The molecule has 112 valence electrons. The van der Waals surface area contributed by atoms with Crippen LogP contribution in [0.15, 0.2) is 53.1 Å². The first-order valence-corrected chi connectivity index (χ1v) is 7.01. The minimum Gasteiger partial charge on any atom is -0.508 e. The van der Waals surface area contributed by atoms with E-state index in [2.05, 4.69) is 0 Å². The second-order valence-electron chi connectivity index (χ2n) is 5.22. The lowest BCUT2D eigenvalue weighted by molar-refractivity contribution is -0.128. The molecule has 0 radical (unpaired) electrons. The summed E-state index contributed by atoms with van der Waals surface area (Å²) in [6.45, 7) is 2.55. The maximum Gasteiger partial charge on any atom is 0.293 e. The standard InChI is InChI=1S/C18H16O4/c1-12-7-14(20)8-15-17(10-22-18(12)15)16(9-21-11-19)13-5-3-2-4-6-13/h2-8,10-11,16,20H,9H2,1H3. The molecule has 0 bridgehead atoms. The van der Waals surface area contributed by atoms with Gasteiger partial charge in [0.2, 0.25) is 0 Å². The summed E-state index contributed by atoms with van der Waals surface area (Å²) in [4.78, 5) is 10.6. The predicted octanol–water partition coefficient (Wildman–Crippen LogP) is 3.75. The lowest BCUT2D eigenvalue weighted by Crippen LogP contribution is -2.08. The highest BCUT2D eigenvalue weighted by Crippen LogP contribution is 2.35. The molecule has 0 spiro atoms. The van der Waals surface area contributed by atoms with Crippen LogP contribution in [-0.2, 0) is 9.53 Å². The summed E-state index contributed by atoms with van der Waals surface area (Å²) in [7, 11) is 0. The number of carbonyl (C=O) groups excluding carboxylic acids is 1. The lowest BCUT2D eigenvalue weighted by Gasteiger charge is -2.15. The topological polar surface area (TPSA) is 59.7 Å². The molecule has 1 aromatic heterocycles. The van der Waals surface area contributed by atoms with Gasteiger partial charge in [-0.3, -0.25) is 4.79 Å². The number of phenols is 1. The third-order valence-corrected chi connectivity index (χ3v) is 3.78. The number of ether oxygens (including phenoxy) is 1. The van der Waals surface area contributed by atoms with Crippen molar-refractivity contribution < 1.29 is 19.1 Å². The van der Waals surface area contributed by atoms with Crippen LogP contribution in [0.1, 0.15) is 22.6 Å².